The Bertz CT molecular complexity index is 1150. The van der Waals surface area contributed by atoms with Crippen molar-refractivity contribution in [3.8, 4) is 5.75 Å². The van der Waals surface area contributed by atoms with Gasteiger partial charge in [0, 0.05) is 11.8 Å². The van der Waals surface area contributed by atoms with Crippen molar-refractivity contribution in [2.75, 3.05) is 6.26 Å². The summed E-state index contributed by atoms with van der Waals surface area (Å²) in [6.45, 7) is 3.22. The molecule has 28 heavy (non-hydrogen) atoms. The monoisotopic (exact) mass is 426 g/mol. The molecule has 0 saturated carbocycles. The molecule has 148 valence electrons. The Labute approximate surface area is 166 Å². The van der Waals surface area contributed by atoms with Crippen molar-refractivity contribution in [3.63, 3.8) is 0 Å². The minimum atomic E-state index is -3.54. The van der Waals surface area contributed by atoms with Crippen LogP contribution in [0.5, 0.6) is 5.75 Å². The van der Waals surface area contributed by atoms with Gasteiger partial charge >= 0.3 is 0 Å². The van der Waals surface area contributed by atoms with E-state index < -0.39 is 27.6 Å². The van der Waals surface area contributed by atoms with E-state index in [0.29, 0.717) is 16.9 Å². The highest BCUT2D eigenvalue weighted by molar-refractivity contribution is 7.90. The highest BCUT2D eigenvalue weighted by atomic mass is 35.5. The molecule has 1 heterocycles. The third-order valence-electron chi connectivity index (χ3n) is 4.11. The average Bonchev–Trinajstić information content (AvgIpc) is 2.99. The number of hydrogen-bond acceptors (Lipinski definition) is 4. The summed E-state index contributed by atoms with van der Waals surface area (Å²) < 4.78 is 56.9. The summed E-state index contributed by atoms with van der Waals surface area (Å²) in [4.78, 5) is 7.05. The van der Waals surface area contributed by atoms with Gasteiger partial charge in [0.15, 0.2) is 26.8 Å². The van der Waals surface area contributed by atoms with Crippen LogP contribution in [0.1, 0.15) is 28.7 Å². The number of nitrogens with zero attached hydrogens (tertiary/aromatic N) is 1. The normalized spacial score (nSPS) is 12.8. The molecule has 9 heteroatoms. The molecule has 1 unspecified atom stereocenters. The zero-order chi connectivity index (χ0) is 20.6. The number of aromatic amines is 1. The van der Waals surface area contributed by atoms with Crippen LogP contribution in [-0.2, 0) is 9.84 Å². The molecule has 0 bridgehead atoms. The number of H-pyrrole nitrogens is 1. The molecular weight excluding hydrogens is 410 g/mol. The molecule has 0 fully saturated rings. The lowest BCUT2D eigenvalue weighted by Crippen LogP contribution is -2.13. The maximum absolute atomic E-state index is 13.6. The van der Waals surface area contributed by atoms with Crippen molar-refractivity contribution in [2.45, 2.75) is 25.0 Å². The van der Waals surface area contributed by atoms with Crippen LogP contribution < -0.4 is 4.74 Å². The molecule has 1 aromatic heterocycles. The van der Waals surface area contributed by atoms with Crippen molar-refractivity contribution in [2.24, 2.45) is 0 Å². The first-order chi connectivity index (χ1) is 13.1. The lowest BCUT2D eigenvalue weighted by molar-refractivity contribution is 0.235. The molecule has 0 amide bonds. The molecule has 2 aromatic carbocycles. The summed E-state index contributed by atoms with van der Waals surface area (Å²) in [7, 11) is -3.54. The summed E-state index contributed by atoms with van der Waals surface area (Å²) in [5.41, 5.74) is 1.25. The summed E-state index contributed by atoms with van der Waals surface area (Å²) in [6.07, 6.45) is 0.142. The highest BCUT2D eigenvalue weighted by Crippen LogP contribution is 2.32. The van der Waals surface area contributed by atoms with Crippen molar-refractivity contribution in [3.05, 3.63) is 75.7 Å². The molecule has 1 atom stereocenters. The Kier molecular flexibility index (Phi) is 5.45. The Morgan fingerprint density at radius 1 is 1.14 bits per heavy atom. The number of nitrogens with one attached hydrogen (secondary N) is 1. The fourth-order valence-electron chi connectivity index (χ4n) is 2.78. The van der Waals surface area contributed by atoms with Gasteiger partial charge in [0.25, 0.3) is 0 Å². The third-order valence-corrected chi connectivity index (χ3v) is 5.53. The molecule has 0 aliphatic heterocycles. The highest BCUT2D eigenvalue weighted by Gasteiger charge is 2.25. The molecule has 5 nitrogen and oxygen atoms in total. The first-order valence-corrected chi connectivity index (χ1v) is 10.5. The van der Waals surface area contributed by atoms with Gasteiger partial charge in [-0.1, -0.05) is 17.7 Å². The smallest absolute Gasteiger partial charge is 0.192 e. The Hall–Kier alpha value is -2.45. The Morgan fingerprint density at radius 2 is 1.86 bits per heavy atom. The topological polar surface area (TPSA) is 72.0 Å². The van der Waals surface area contributed by atoms with Gasteiger partial charge in [0.05, 0.1) is 10.7 Å². The van der Waals surface area contributed by atoms with Crippen LogP contribution in [-0.4, -0.2) is 24.6 Å². The molecule has 3 aromatic rings. The maximum atomic E-state index is 13.6. The summed E-state index contributed by atoms with van der Waals surface area (Å²) in [6, 6.07) is 8.02. The zero-order valence-corrected chi connectivity index (χ0v) is 16.8. The van der Waals surface area contributed by atoms with E-state index in [2.05, 4.69) is 9.97 Å². The molecule has 3 rings (SSSR count). The maximum Gasteiger partial charge on any atom is 0.192 e. The van der Waals surface area contributed by atoms with Crippen LogP contribution in [0.15, 0.2) is 41.4 Å². The van der Waals surface area contributed by atoms with Gasteiger partial charge in [0.2, 0.25) is 0 Å². The number of ether oxygens (including phenoxy) is 1. The first-order valence-electron chi connectivity index (χ1n) is 8.20. The molecule has 1 N–H and O–H groups in total. The van der Waals surface area contributed by atoms with Crippen molar-refractivity contribution >= 4 is 21.4 Å². The van der Waals surface area contributed by atoms with E-state index in [9.17, 15) is 17.2 Å². The second-order valence-electron chi connectivity index (χ2n) is 6.39. The van der Waals surface area contributed by atoms with Gasteiger partial charge in [-0.3, -0.25) is 0 Å². The number of sulfone groups is 1. The lowest BCUT2D eigenvalue weighted by Gasteiger charge is -2.19. The first kappa shape index (κ1) is 20.3. The molecule has 0 saturated heterocycles. The van der Waals surface area contributed by atoms with Crippen molar-refractivity contribution in [1.29, 1.82) is 0 Å². The van der Waals surface area contributed by atoms with E-state index in [-0.39, 0.29) is 21.6 Å². The van der Waals surface area contributed by atoms with Crippen LogP contribution in [0.25, 0.3) is 0 Å². The number of rotatable bonds is 5. The number of benzene rings is 2. The zero-order valence-electron chi connectivity index (χ0n) is 15.3. The Balaban J connectivity index is 2.13. The van der Waals surface area contributed by atoms with Crippen LogP contribution in [0.3, 0.4) is 0 Å². The standard InChI is InChI=1S/C19H17ClF2N2O3S/c1-10-8-13(21)5-7-16(10)27-17(12-4-6-15(22)14(20)9-12)18-23-11(2)19(24-18)28(3,25)26/h4-9,17H,1-3H3,(H,23,24). The van der Waals surface area contributed by atoms with Gasteiger partial charge in [-0.15, -0.1) is 0 Å². The van der Waals surface area contributed by atoms with E-state index in [4.69, 9.17) is 16.3 Å². The second kappa shape index (κ2) is 7.52. The number of aromatic nitrogens is 2. The molecule has 0 spiro atoms. The third kappa shape index (κ3) is 4.18. The van der Waals surface area contributed by atoms with E-state index >= 15 is 0 Å². The van der Waals surface area contributed by atoms with E-state index in [1.54, 1.807) is 13.8 Å². The average molecular weight is 427 g/mol. The summed E-state index contributed by atoms with van der Waals surface area (Å²) >= 11 is 5.90. The van der Waals surface area contributed by atoms with Gasteiger partial charge in [0.1, 0.15) is 17.4 Å². The fourth-order valence-corrected chi connectivity index (χ4v) is 3.84. The fraction of sp³-hybridized carbons (Fsp3) is 0.211. The van der Waals surface area contributed by atoms with Crippen molar-refractivity contribution in [1.82, 2.24) is 9.97 Å². The van der Waals surface area contributed by atoms with E-state index in [0.717, 1.165) is 6.26 Å². The number of hydrogen-bond donors (Lipinski definition) is 1. The molecule has 0 radical (unpaired) electrons. The molecule has 0 aliphatic carbocycles. The minimum absolute atomic E-state index is 0.0415. The predicted molar refractivity (Wildman–Crippen MR) is 101 cm³/mol. The quantitative estimate of drug-likeness (QED) is 0.650. The number of halogens is 3. The van der Waals surface area contributed by atoms with Gasteiger partial charge in [-0.25, -0.2) is 22.2 Å². The Morgan fingerprint density at radius 3 is 2.43 bits per heavy atom. The van der Waals surface area contributed by atoms with Crippen LogP contribution in [0, 0.1) is 25.5 Å². The molecular formula is C19H17ClF2N2O3S. The largest absolute Gasteiger partial charge is 0.477 e. The predicted octanol–water partition coefficient (Wildman–Crippen LogP) is 4.53. The number of imidazole rings is 1. The van der Waals surface area contributed by atoms with Crippen LogP contribution in [0.2, 0.25) is 5.02 Å². The van der Waals surface area contributed by atoms with Crippen molar-refractivity contribution < 1.29 is 21.9 Å². The van der Waals surface area contributed by atoms with Gasteiger partial charge in [-0.2, -0.15) is 0 Å². The lowest BCUT2D eigenvalue weighted by atomic mass is 10.1. The SMILES string of the molecule is Cc1cc(F)ccc1OC(c1ccc(F)c(Cl)c1)c1nc(C)c(S(C)(=O)=O)[nH]1. The summed E-state index contributed by atoms with van der Waals surface area (Å²) in [5.74, 6) is -0.458. The molecule has 0 aliphatic rings. The van der Waals surface area contributed by atoms with Crippen LogP contribution in [0.4, 0.5) is 8.78 Å². The second-order valence-corrected chi connectivity index (χ2v) is 8.75. The van der Waals surface area contributed by atoms with Gasteiger partial charge < -0.3 is 9.72 Å². The van der Waals surface area contributed by atoms with Crippen LogP contribution >= 0.6 is 11.6 Å². The van der Waals surface area contributed by atoms with E-state index in [1.807, 2.05) is 0 Å². The minimum Gasteiger partial charge on any atom is -0.477 e. The summed E-state index contributed by atoms with van der Waals surface area (Å²) in [5, 5.41) is -0.159. The number of aryl methyl sites for hydroxylation is 2. The van der Waals surface area contributed by atoms with Gasteiger partial charge in [-0.05, 0) is 49.7 Å². The van der Waals surface area contributed by atoms with E-state index in [1.165, 1.54) is 36.4 Å².